The molecule has 0 saturated heterocycles. The third-order valence-electron chi connectivity index (χ3n) is 2.99. The number of likely N-dealkylation sites (N-methyl/N-ethyl adjacent to an activating group) is 1. The Hall–Kier alpha value is -1.99. The molecule has 0 aliphatic carbocycles. The summed E-state index contributed by atoms with van der Waals surface area (Å²) in [6.07, 6.45) is 2.09. The van der Waals surface area contributed by atoms with E-state index in [0.717, 1.165) is 5.56 Å². The van der Waals surface area contributed by atoms with E-state index in [1.165, 1.54) is 5.57 Å². The van der Waals surface area contributed by atoms with E-state index < -0.39 is 0 Å². The van der Waals surface area contributed by atoms with Gasteiger partial charge in [-0.1, -0.05) is 17.7 Å². The first-order valence-corrected chi connectivity index (χ1v) is 6.15. The molecule has 0 aliphatic heterocycles. The molecule has 0 aromatic heterocycles. The van der Waals surface area contributed by atoms with Crippen molar-refractivity contribution in [1.82, 2.24) is 5.32 Å². The normalized spacial score (nSPS) is 12.7. The first-order valence-electron chi connectivity index (χ1n) is 6.15. The van der Waals surface area contributed by atoms with Crippen LogP contribution in [0, 0.1) is 11.3 Å². The van der Waals surface area contributed by atoms with E-state index in [-0.39, 0.29) is 6.61 Å². The summed E-state index contributed by atoms with van der Waals surface area (Å²) in [5.74, 6) is 1.22. The van der Waals surface area contributed by atoms with E-state index in [9.17, 15) is 0 Å². The van der Waals surface area contributed by atoms with E-state index >= 15 is 0 Å². The molecule has 0 aliphatic rings. The summed E-state index contributed by atoms with van der Waals surface area (Å²) < 4.78 is 10.6. The highest BCUT2D eigenvalue weighted by molar-refractivity contribution is 5.58. The van der Waals surface area contributed by atoms with Crippen LogP contribution in [0.1, 0.15) is 19.4 Å². The second-order valence-electron chi connectivity index (χ2n) is 4.26. The summed E-state index contributed by atoms with van der Waals surface area (Å²) >= 11 is 0. The van der Waals surface area contributed by atoms with Gasteiger partial charge in [0.15, 0.2) is 18.1 Å². The first-order chi connectivity index (χ1) is 9.12. The van der Waals surface area contributed by atoms with Crippen molar-refractivity contribution >= 4 is 6.08 Å². The number of methoxy groups -OCH3 is 1. The molecule has 1 aromatic carbocycles. The van der Waals surface area contributed by atoms with Gasteiger partial charge in [0.1, 0.15) is 6.07 Å². The van der Waals surface area contributed by atoms with E-state index in [2.05, 4.69) is 25.2 Å². The van der Waals surface area contributed by atoms with Gasteiger partial charge in [0.25, 0.3) is 0 Å². The number of hydrogen-bond donors (Lipinski definition) is 1. The molecular weight excluding hydrogens is 240 g/mol. The second kappa shape index (κ2) is 7.45. The second-order valence-corrected chi connectivity index (χ2v) is 4.26. The highest BCUT2D eigenvalue weighted by Crippen LogP contribution is 2.29. The molecule has 0 fully saturated rings. The maximum absolute atomic E-state index is 8.52. The van der Waals surface area contributed by atoms with Gasteiger partial charge in [0, 0.05) is 6.04 Å². The van der Waals surface area contributed by atoms with Crippen LogP contribution in [-0.2, 0) is 0 Å². The number of nitriles is 1. The molecule has 0 radical (unpaired) electrons. The minimum absolute atomic E-state index is 0.0152. The van der Waals surface area contributed by atoms with Gasteiger partial charge in [0.05, 0.1) is 7.11 Å². The Bertz CT molecular complexity index is 489. The lowest BCUT2D eigenvalue weighted by molar-refractivity contribution is 0.329. The van der Waals surface area contributed by atoms with Crippen molar-refractivity contribution in [1.29, 1.82) is 5.26 Å². The summed E-state index contributed by atoms with van der Waals surface area (Å²) in [6, 6.07) is 7.92. The van der Waals surface area contributed by atoms with Gasteiger partial charge in [-0.05, 0) is 38.6 Å². The lowest BCUT2D eigenvalue weighted by atomic mass is 10.1. The molecule has 102 valence electrons. The SMILES string of the molecule is CNC(C)/C(C)=C/c1ccc(OCC#N)c(OC)c1. The molecule has 0 amide bonds. The molecule has 4 heteroatoms. The van der Waals surface area contributed by atoms with E-state index in [0.29, 0.717) is 17.5 Å². The maximum Gasteiger partial charge on any atom is 0.174 e. The number of ether oxygens (including phenoxy) is 2. The van der Waals surface area contributed by atoms with Crippen molar-refractivity contribution in [3.63, 3.8) is 0 Å². The van der Waals surface area contributed by atoms with Gasteiger partial charge in [-0.3, -0.25) is 0 Å². The van der Waals surface area contributed by atoms with Crippen LogP contribution in [0.5, 0.6) is 11.5 Å². The Morgan fingerprint density at radius 2 is 2.21 bits per heavy atom. The van der Waals surface area contributed by atoms with Crippen LogP contribution >= 0.6 is 0 Å². The highest BCUT2D eigenvalue weighted by atomic mass is 16.5. The van der Waals surface area contributed by atoms with Crippen LogP contribution in [0.25, 0.3) is 6.08 Å². The topological polar surface area (TPSA) is 54.3 Å². The fourth-order valence-electron chi connectivity index (χ4n) is 1.62. The smallest absolute Gasteiger partial charge is 0.174 e. The summed E-state index contributed by atoms with van der Waals surface area (Å²) in [5.41, 5.74) is 2.27. The quantitative estimate of drug-likeness (QED) is 0.854. The molecule has 19 heavy (non-hydrogen) atoms. The molecule has 1 N–H and O–H groups in total. The number of benzene rings is 1. The molecule has 4 nitrogen and oxygen atoms in total. The summed E-state index contributed by atoms with van der Waals surface area (Å²) in [4.78, 5) is 0. The zero-order valence-electron chi connectivity index (χ0n) is 11.9. The molecule has 0 spiro atoms. The largest absolute Gasteiger partial charge is 0.493 e. The summed E-state index contributed by atoms with van der Waals surface area (Å²) in [7, 11) is 3.52. The number of nitrogens with zero attached hydrogens (tertiary/aromatic N) is 1. The van der Waals surface area contributed by atoms with Gasteiger partial charge in [-0.25, -0.2) is 0 Å². The van der Waals surface area contributed by atoms with Crippen LogP contribution in [0.2, 0.25) is 0 Å². The predicted molar refractivity (Wildman–Crippen MR) is 76.3 cm³/mol. The predicted octanol–water partition coefficient (Wildman–Crippen LogP) is 2.61. The molecular formula is C15H20N2O2. The van der Waals surface area contributed by atoms with Gasteiger partial charge >= 0.3 is 0 Å². The molecule has 1 aromatic rings. The zero-order valence-corrected chi connectivity index (χ0v) is 11.9. The Morgan fingerprint density at radius 1 is 1.47 bits per heavy atom. The average molecular weight is 260 g/mol. The standard InChI is InChI=1S/C15H20N2O2/c1-11(12(2)17-3)9-13-5-6-14(19-8-7-16)15(10-13)18-4/h5-6,9-10,12,17H,8H2,1-4H3/b11-9+. The lowest BCUT2D eigenvalue weighted by Gasteiger charge is -2.12. The first kappa shape index (κ1) is 15.1. The van der Waals surface area contributed by atoms with Crippen LogP contribution in [0.4, 0.5) is 0 Å². The zero-order chi connectivity index (χ0) is 14.3. The van der Waals surface area contributed by atoms with Gasteiger partial charge in [-0.2, -0.15) is 5.26 Å². The summed E-state index contributed by atoms with van der Waals surface area (Å²) in [6.45, 7) is 4.20. The number of nitrogens with one attached hydrogen (secondary N) is 1. The van der Waals surface area contributed by atoms with Crippen LogP contribution < -0.4 is 14.8 Å². The Morgan fingerprint density at radius 3 is 2.79 bits per heavy atom. The van der Waals surface area contributed by atoms with Crippen LogP contribution in [-0.4, -0.2) is 26.8 Å². The maximum atomic E-state index is 8.52. The van der Waals surface area contributed by atoms with Crippen molar-refractivity contribution in [3.8, 4) is 17.6 Å². The number of rotatable bonds is 6. The fraction of sp³-hybridized carbons (Fsp3) is 0.400. The molecule has 1 atom stereocenters. The molecule has 0 bridgehead atoms. The minimum Gasteiger partial charge on any atom is -0.493 e. The molecule has 0 heterocycles. The van der Waals surface area contributed by atoms with Crippen molar-refractivity contribution in [2.75, 3.05) is 20.8 Å². The highest BCUT2D eigenvalue weighted by Gasteiger charge is 2.06. The third-order valence-corrected chi connectivity index (χ3v) is 2.99. The third kappa shape index (κ3) is 4.31. The summed E-state index contributed by atoms with van der Waals surface area (Å²) in [5, 5.41) is 11.7. The van der Waals surface area contributed by atoms with Gasteiger partial charge < -0.3 is 14.8 Å². The van der Waals surface area contributed by atoms with Gasteiger partial charge in [0.2, 0.25) is 0 Å². The minimum atomic E-state index is 0.0152. The number of hydrogen-bond acceptors (Lipinski definition) is 4. The van der Waals surface area contributed by atoms with Gasteiger partial charge in [-0.15, -0.1) is 0 Å². The van der Waals surface area contributed by atoms with Crippen molar-refractivity contribution in [3.05, 3.63) is 29.3 Å². The molecule has 1 rings (SSSR count). The molecule has 1 unspecified atom stereocenters. The van der Waals surface area contributed by atoms with Crippen molar-refractivity contribution in [2.45, 2.75) is 19.9 Å². The van der Waals surface area contributed by atoms with E-state index in [1.54, 1.807) is 7.11 Å². The van der Waals surface area contributed by atoms with Crippen molar-refractivity contribution in [2.24, 2.45) is 0 Å². The fourth-order valence-corrected chi connectivity index (χ4v) is 1.62. The Balaban J connectivity index is 2.97. The lowest BCUT2D eigenvalue weighted by Crippen LogP contribution is -2.21. The molecule has 0 saturated carbocycles. The van der Waals surface area contributed by atoms with E-state index in [4.69, 9.17) is 14.7 Å². The monoisotopic (exact) mass is 260 g/mol. The van der Waals surface area contributed by atoms with E-state index in [1.807, 2.05) is 31.3 Å². The van der Waals surface area contributed by atoms with Crippen LogP contribution in [0.3, 0.4) is 0 Å². The average Bonchev–Trinajstić information content (AvgIpc) is 2.44. The van der Waals surface area contributed by atoms with Crippen molar-refractivity contribution < 1.29 is 9.47 Å². The van der Waals surface area contributed by atoms with Crippen LogP contribution in [0.15, 0.2) is 23.8 Å². The Kier molecular flexibility index (Phi) is 5.91. The Labute approximate surface area is 114 Å².